The summed E-state index contributed by atoms with van der Waals surface area (Å²) in [6.45, 7) is 10.2. The van der Waals surface area contributed by atoms with Gasteiger partial charge in [0.1, 0.15) is 11.6 Å². The molecule has 0 aromatic heterocycles. The summed E-state index contributed by atoms with van der Waals surface area (Å²) in [4.78, 5) is 10.7. The molecule has 0 amide bonds. The van der Waals surface area contributed by atoms with E-state index in [1.807, 2.05) is 0 Å². The first-order valence-corrected chi connectivity index (χ1v) is 6.98. The third-order valence-electron chi connectivity index (χ3n) is 3.92. The number of rotatable bonds is 1. The molecule has 0 unspecified atom stereocenters. The lowest BCUT2D eigenvalue weighted by Crippen LogP contribution is -2.39. The summed E-state index contributed by atoms with van der Waals surface area (Å²) in [7, 11) is 0. The van der Waals surface area contributed by atoms with Gasteiger partial charge in [-0.2, -0.15) is 0 Å². The van der Waals surface area contributed by atoms with Crippen molar-refractivity contribution >= 4 is 6.47 Å². The molecule has 1 aromatic carbocycles. The van der Waals surface area contributed by atoms with Crippen LogP contribution in [0.15, 0.2) is 18.2 Å². The van der Waals surface area contributed by atoms with Gasteiger partial charge < -0.3 is 5.11 Å². The van der Waals surface area contributed by atoms with Crippen molar-refractivity contribution in [2.24, 2.45) is 5.92 Å². The quantitative estimate of drug-likeness (QED) is 0.807. The van der Waals surface area contributed by atoms with Gasteiger partial charge >= 0.3 is 0 Å². The third kappa shape index (κ3) is 4.49. The smallest absolute Gasteiger partial charge is 0.290 e. The molecule has 1 aromatic rings. The van der Waals surface area contributed by atoms with Crippen LogP contribution in [0.5, 0.6) is 0 Å². The van der Waals surface area contributed by atoms with Gasteiger partial charge in [-0.15, -0.1) is 0 Å². The second kappa shape index (κ2) is 6.98. The molecule has 1 aliphatic rings. The number of carboxylic acid groups (broad SMARTS) is 1. The fraction of sp³-hybridized carbons (Fsp3) is 0.562. The first-order chi connectivity index (χ1) is 9.70. The van der Waals surface area contributed by atoms with E-state index in [0.717, 1.165) is 19.2 Å². The van der Waals surface area contributed by atoms with Gasteiger partial charge in [-0.1, -0.05) is 13.0 Å². The van der Waals surface area contributed by atoms with Crippen LogP contribution in [0.2, 0.25) is 0 Å². The molecule has 0 saturated carbocycles. The normalized spacial score (nSPS) is 22.6. The summed E-state index contributed by atoms with van der Waals surface area (Å²) in [5.41, 5.74) is 0.745. The zero-order valence-electron chi connectivity index (χ0n) is 12.9. The van der Waals surface area contributed by atoms with E-state index in [4.69, 9.17) is 9.90 Å². The van der Waals surface area contributed by atoms with Crippen LogP contribution in [0.1, 0.15) is 39.2 Å². The van der Waals surface area contributed by atoms with Gasteiger partial charge in [0.15, 0.2) is 0 Å². The highest BCUT2D eigenvalue weighted by Crippen LogP contribution is 2.36. The average molecular weight is 299 g/mol. The van der Waals surface area contributed by atoms with Crippen LogP contribution >= 0.6 is 0 Å². The Hall–Kier alpha value is -1.49. The number of carbonyl (C=O) groups is 1. The maximum atomic E-state index is 13.8. The van der Waals surface area contributed by atoms with Crippen LogP contribution in [-0.2, 0) is 4.79 Å². The number of likely N-dealkylation sites (tertiary alicyclic amines) is 1. The van der Waals surface area contributed by atoms with E-state index < -0.39 is 11.6 Å². The zero-order chi connectivity index (χ0) is 16.2. The topological polar surface area (TPSA) is 40.5 Å². The maximum Gasteiger partial charge on any atom is 0.290 e. The molecule has 2 rings (SSSR count). The van der Waals surface area contributed by atoms with E-state index in [1.54, 1.807) is 6.07 Å². The van der Waals surface area contributed by atoms with Crippen molar-refractivity contribution in [3.05, 3.63) is 35.4 Å². The molecule has 0 radical (unpaired) electrons. The maximum absolute atomic E-state index is 13.8. The van der Waals surface area contributed by atoms with Crippen molar-refractivity contribution < 1.29 is 18.7 Å². The Labute approximate surface area is 124 Å². The molecule has 5 heteroatoms. The summed E-state index contributed by atoms with van der Waals surface area (Å²) in [5, 5.41) is 6.89. The lowest BCUT2D eigenvalue weighted by molar-refractivity contribution is -0.122. The highest BCUT2D eigenvalue weighted by molar-refractivity contribution is 5.32. The molecule has 1 saturated heterocycles. The molecule has 0 aliphatic carbocycles. The zero-order valence-corrected chi connectivity index (χ0v) is 12.9. The molecule has 0 spiro atoms. The second-order valence-corrected chi connectivity index (χ2v) is 6.43. The minimum atomic E-state index is -0.505. The molecule has 118 valence electrons. The number of benzene rings is 1. The Morgan fingerprint density at radius 1 is 1.29 bits per heavy atom. The Bertz CT molecular complexity index is 486. The van der Waals surface area contributed by atoms with Crippen molar-refractivity contribution in [2.45, 2.75) is 39.2 Å². The average Bonchev–Trinajstić information content (AvgIpc) is 2.72. The summed E-state index contributed by atoms with van der Waals surface area (Å²) in [6.07, 6.45) is 0. The largest absolute Gasteiger partial charge is 0.483 e. The monoisotopic (exact) mass is 299 g/mol. The lowest BCUT2D eigenvalue weighted by atomic mass is 9.90. The minimum Gasteiger partial charge on any atom is -0.483 e. The van der Waals surface area contributed by atoms with Crippen LogP contribution in [0.25, 0.3) is 0 Å². The molecule has 1 N–H and O–H groups in total. The Morgan fingerprint density at radius 2 is 1.86 bits per heavy atom. The molecule has 2 atom stereocenters. The molecular formula is C16H23F2NO2. The minimum absolute atomic E-state index is 0.0967. The standard InChI is InChI=1S/C15H21F2N.CH2O2/c1-10-8-18(15(2,3)4)9-13(10)12-6-5-11(16)7-14(12)17;2-1-3/h5-7,10,13H,8-9H2,1-4H3;1H,(H,2,3)/t10-,13-;/m1./s1. The van der Waals surface area contributed by atoms with E-state index in [-0.39, 0.29) is 17.9 Å². The Balaban J connectivity index is 0.000000677. The molecular weight excluding hydrogens is 276 g/mol. The van der Waals surface area contributed by atoms with Crippen molar-refractivity contribution in [3.8, 4) is 0 Å². The molecule has 3 nitrogen and oxygen atoms in total. The second-order valence-electron chi connectivity index (χ2n) is 6.43. The molecule has 21 heavy (non-hydrogen) atoms. The summed E-state index contributed by atoms with van der Waals surface area (Å²) < 4.78 is 26.8. The van der Waals surface area contributed by atoms with Crippen molar-refractivity contribution in [1.82, 2.24) is 4.90 Å². The van der Waals surface area contributed by atoms with Crippen LogP contribution < -0.4 is 0 Å². The fourth-order valence-electron chi connectivity index (χ4n) is 2.72. The highest BCUT2D eigenvalue weighted by atomic mass is 19.1. The van der Waals surface area contributed by atoms with E-state index in [1.165, 1.54) is 6.07 Å². The number of halogens is 2. The summed E-state index contributed by atoms with van der Waals surface area (Å²) >= 11 is 0. The van der Waals surface area contributed by atoms with E-state index in [2.05, 4.69) is 32.6 Å². The van der Waals surface area contributed by atoms with Gasteiger partial charge in [0.25, 0.3) is 6.47 Å². The SMILES string of the molecule is C[C@@H]1CN(C(C)(C)C)C[C@H]1c1ccc(F)cc1F.O=CO. The fourth-order valence-corrected chi connectivity index (χ4v) is 2.72. The summed E-state index contributed by atoms with van der Waals surface area (Å²) in [6, 6.07) is 3.94. The summed E-state index contributed by atoms with van der Waals surface area (Å²) in [5.74, 6) is -0.369. The van der Waals surface area contributed by atoms with Gasteiger partial charge in [0.05, 0.1) is 0 Å². The Morgan fingerprint density at radius 3 is 2.29 bits per heavy atom. The van der Waals surface area contributed by atoms with Gasteiger partial charge in [0.2, 0.25) is 0 Å². The van der Waals surface area contributed by atoms with E-state index in [0.29, 0.717) is 11.5 Å². The predicted molar refractivity (Wildman–Crippen MR) is 78.3 cm³/mol. The van der Waals surface area contributed by atoms with Crippen molar-refractivity contribution in [2.75, 3.05) is 13.1 Å². The first-order valence-electron chi connectivity index (χ1n) is 6.98. The van der Waals surface area contributed by atoms with Gasteiger partial charge in [0, 0.05) is 30.6 Å². The first kappa shape index (κ1) is 17.6. The van der Waals surface area contributed by atoms with Crippen LogP contribution in [0.3, 0.4) is 0 Å². The molecule has 0 bridgehead atoms. The molecule has 1 heterocycles. The van der Waals surface area contributed by atoms with Gasteiger partial charge in [-0.05, 0) is 38.3 Å². The van der Waals surface area contributed by atoms with E-state index >= 15 is 0 Å². The third-order valence-corrected chi connectivity index (χ3v) is 3.92. The van der Waals surface area contributed by atoms with Gasteiger partial charge in [-0.25, -0.2) is 8.78 Å². The van der Waals surface area contributed by atoms with Crippen molar-refractivity contribution in [1.29, 1.82) is 0 Å². The highest BCUT2D eigenvalue weighted by Gasteiger charge is 2.36. The van der Waals surface area contributed by atoms with Crippen LogP contribution in [-0.4, -0.2) is 35.1 Å². The molecule has 1 fully saturated rings. The van der Waals surface area contributed by atoms with E-state index in [9.17, 15) is 8.78 Å². The van der Waals surface area contributed by atoms with Crippen molar-refractivity contribution in [3.63, 3.8) is 0 Å². The van der Waals surface area contributed by atoms with Gasteiger partial charge in [-0.3, -0.25) is 9.69 Å². The van der Waals surface area contributed by atoms with Crippen LogP contribution in [0, 0.1) is 17.6 Å². The molecule has 1 aliphatic heterocycles. The number of nitrogens with zero attached hydrogens (tertiary/aromatic N) is 1. The lowest BCUT2D eigenvalue weighted by Gasteiger charge is -2.31. The Kier molecular flexibility index (Phi) is 5.84. The number of hydrogen-bond donors (Lipinski definition) is 1. The van der Waals surface area contributed by atoms with Crippen LogP contribution in [0.4, 0.5) is 8.78 Å². The predicted octanol–water partition coefficient (Wildman–Crippen LogP) is 3.50. The number of hydrogen-bond acceptors (Lipinski definition) is 2.